The second kappa shape index (κ2) is 11.7. The zero-order valence-corrected chi connectivity index (χ0v) is 23.2. The number of carbonyl (C=O) groups excluding carboxylic acids is 1. The Hall–Kier alpha value is -3.65. The van der Waals surface area contributed by atoms with Crippen molar-refractivity contribution in [2.75, 3.05) is 12.3 Å². The van der Waals surface area contributed by atoms with Crippen molar-refractivity contribution in [1.82, 2.24) is 19.5 Å². The molecule has 1 saturated carbocycles. The number of hydrogen-bond acceptors (Lipinski definition) is 12. The molecule has 4 N–H and O–H groups in total. The molecule has 41 heavy (non-hydrogen) atoms. The van der Waals surface area contributed by atoms with Gasteiger partial charge < -0.3 is 29.9 Å². The zero-order valence-electron chi connectivity index (χ0n) is 22.3. The minimum atomic E-state index is -2.66. The summed E-state index contributed by atoms with van der Waals surface area (Å²) in [7, 11) is -2.66. The number of aliphatic hydroxyl groups is 1. The van der Waals surface area contributed by atoms with E-state index in [2.05, 4.69) is 19.7 Å². The number of nitrogen functional groups attached to an aromatic ring is 1. The minimum Gasteiger partial charge on any atom is -0.575 e. The van der Waals surface area contributed by atoms with Crippen molar-refractivity contribution in [3.8, 4) is 11.5 Å². The van der Waals surface area contributed by atoms with Gasteiger partial charge in [-0.1, -0.05) is 16.9 Å². The van der Waals surface area contributed by atoms with Crippen LogP contribution in [-0.2, 0) is 14.3 Å². The van der Waals surface area contributed by atoms with Gasteiger partial charge in [0.05, 0.1) is 6.33 Å². The summed E-state index contributed by atoms with van der Waals surface area (Å²) in [5.74, 6) is -0.580. The maximum absolute atomic E-state index is 15.8. The number of anilines is 1. The monoisotopic (exact) mass is 592 g/mol. The number of ether oxygens (including phenoxy) is 3. The smallest absolute Gasteiger partial charge is 0.395 e. The summed E-state index contributed by atoms with van der Waals surface area (Å²) in [6.07, 6.45) is 0.430. The van der Waals surface area contributed by atoms with Crippen LogP contribution in [0.1, 0.15) is 45.8 Å². The van der Waals surface area contributed by atoms with E-state index in [0.29, 0.717) is 0 Å². The van der Waals surface area contributed by atoms with Gasteiger partial charge in [-0.15, -0.1) is 0 Å². The average molecular weight is 593 g/mol. The molecule has 5 rings (SSSR count). The number of imidazole rings is 1. The number of carbonyl (C=O) groups is 1. The number of benzene rings is 1. The van der Waals surface area contributed by atoms with Gasteiger partial charge in [-0.2, -0.15) is 4.98 Å². The molecule has 2 aliphatic rings. The fraction of sp³-hybridized carbons (Fsp3) is 0.520. The largest absolute Gasteiger partial charge is 0.575 e. The van der Waals surface area contributed by atoms with Crippen molar-refractivity contribution in [3.63, 3.8) is 0 Å². The van der Waals surface area contributed by atoms with Crippen LogP contribution >= 0.6 is 8.17 Å². The molecule has 2 aromatic heterocycles. The minimum absolute atomic E-state index is 0.0125. The Morgan fingerprint density at radius 2 is 2.10 bits per heavy atom. The van der Waals surface area contributed by atoms with Crippen LogP contribution in [0.15, 0.2) is 40.1 Å². The first-order chi connectivity index (χ1) is 19.5. The maximum atomic E-state index is 15.8. The topological polar surface area (TPSA) is 199 Å². The van der Waals surface area contributed by atoms with Gasteiger partial charge in [-0.3, -0.25) is 18.9 Å². The highest BCUT2D eigenvalue weighted by Gasteiger charge is 2.55. The summed E-state index contributed by atoms with van der Waals surface area (Å²) in [6, 6.07) is 5.26. The first-order valence-electron chi connectivity index (χ1n) is 13.1. The quantitative estimate of drug-likeness (QED) is 0.242. The van der Waals surface area contributed by atoms with Gasteiger partial charge in [-0.05, 0) is 51.7 Å². The molecule has 3 heterocycles. The zero-order chi connectivity index (χ0) is 29.3. The Bertz CT molecular complexity index is 1510. The van der Waals surface area contributed by atoms with E-state index < -0.39 is 49.8 Å². The molecule has 0 bridgehead atoms. The van der Waals surface area contributed by atoms with E-state index in [1.165, 1.54) is 30.0 Å². The van der Waals surface area contributed by atoms with Crippen molar-refractivity contribution in [2.24, 2.45) is 4.74 Å². The SMILES string of the molecule is C[C@H](N=[P+]([O-])Oc1ccccc1OC[C@H]1O[C@@H](n2cnc3c(=O)[nH]c(N)nc32)[C@](C)(F)[C@@H]1O)C(=O)OC1CCCC1. The number of para-hydroxylation sites is 2. The molecular weight excluding hydrogens is 562 g/mol. The summed E-state index contributed by atoms with van der Waals surface area (Å²) < 4.78 is 43.3. The number of aromatic nitrogens is 4. The third kappa shape index (κ3) is 6.03. The number of alkyl halides is 1. The van der Waals surface area contributed by atoms with E-state index in [-0.39, 0.29) is 41.3 Å². The van der Waals surface area contributed by atoms with Crippen LogP contribution in [-0.4, -0.2) is 67.2 Å². The molecule has 3 aromatic rings. The van der Waals surface area contributed by atoms with E-state index in [9.17, 15) is 19.6 Å². The summed E-state index contributed by atoms with van der Waals surface area (Å²) in [6.45, 7) is 2.30. The fourth-order valence-corrected chi connectivity index (χ4v) is 5.59. The molecular formula is C25H30FN6O8P. The van der Waals surface area contributed by atoms with E-state index in [1.807, 2.05) is 0 Å². The first-order valence-corrected chi connectivity index (χ1v) is 14.2. The standard InChI is InChI=1S/C25H30FN6O8P/c1-13(22(35)38-14-7-3-4-8-14)31-41(36)40-16-10-6-5-9-15(16)37-11-17-19(33)25(2,26)23(39-17)32-12-28-18-20(32)29-24(27)30-21(18)34/h5-6,9-10,12-14,17,19,23,33H,3-4,7-8,11H2,1-2H3,(H3,27,29,30,34)/t13-,17+,19+,23+,25+/m0/s1. The summed E-state index contributed by atoms with van der Waals surface area (Å²) in [5.41, 5.74) is 2.62. The van der Waals surface area contributed by atoms with Gasteiger partial charge in [0.1, 0.15) is 24.9 Å². The molecule has 0 amide bonds. The molecule has 14 nitrogen and oxygen atoms in total. The van der Waals surface area contributed by atoms with E-state index in [1.54, 1.807) is 12.1 Å². The first kappa shape index (κ1) is 28.9. The highest BCUT2D eigenvalue weighted by atomic mass is 31.1. The van der Waals surface area contributed by atoms with Crippen LogP contribution in [0.3, 0.4) is 0 Å². The number of aromatic amines is 1. The van der Waals surface area contributed by atoms with Crippen LogP contribution in [0, 0.1) is 0 Å². The van der Waals surface area contributed by atoms with Crippen molar-refractivity contribution < 1.29 is 37.9 Å². The molecule has 1 saturated heterocycles. The van der Waals surface area contributed by atoms with Crippen LogP contribution in [0.2, 0.25) is 0 Å². The second-order valence-electron chi connectivity index (χ2n) is 10.1. The number of nitrogens with two attached hydrogens (primary N) is 1. The van der Waals surface area contributed by atoms with Gasteiger partial charge in [0.25, 0.3) is 5.56 Å². The van der Waals surface area contributed by atoms with E-state index >= 15 is 4.39 Å². The number of fused-ring (bicyclic) bond motifs is 1. The Morgan fingerprint density at radius 3 is 2.83 bits per heavy atom. The van der Waals surface area contributed by atoms with Crippen molar-refractivity contribution in [3.05, 3.63) is 40.9 Å². The predicted octanol–water partition coefficient (Wildman–Crippen LogP) is 1.88. The Labute approximate surface area is 234 Å². The predicted molar refractivity (Wildman–Crippen MR) is 142 cm³/mol. The number of aliphatic hydroxyl groups excluding tert-OH is 1. The number of nitrogens with zero attached hydrogens (tertiary/aromatic N) is 4. The lowest BCUT2D eigenvalue weighted by atomic mass is 9.98. The number of esters is 1. The van der Waals surface area contributed by atoms with Crippen LogP contribution < -0.4 is 25.4 Å². The highest BCUT2D eigenvalue weighted by Crippen LogP contribution is 2.43. The van der Waals surface area contributed by atoms with Gasteiger partial charge in [0.15, 0.2) is 34.9 Å². The number of H-pyrrole nitrogens is 1. The van der Waals surface area contributed by atoms with E-state index in [4.69, 9.17) is 24.5 Å². The molecule has 6 atom stereocenters. The van der Waals surface area contributed by atoms with E-state index in [0.717, 1.165) is 32.6 Å². The van der Waals surface area contributed by atoms with Gasteiger partial charge in [0, 0.05) is 0 Å². The van der Waals surface area contributed by atoms with Crippen molar-refractivity contribution in [2.45, 2.75) is 75.8 Å². The number of rotatable bonds is 9. The normalized spacial score (nSPS) is 25.9. The van der Waals surface area contributed by atoms with Crippen LogP contribution in [0.25, 0.3) is 11.2 Å². The Morgan fingerprint density at radius 1 is 1.39 bits per heavy atom. The molecule has 2 fully saturated rings. The number of nitrogens with one attached hydrogen (secondary N) is 1. The third-order valence-electron chi connectivity index (χ3n) is 7.04. The Balaban J connectivity index is 1.26. The molecule has 16 heteroatoms. The molecule has 0 radical (unpaired) electrons. The molecule has 220 valence electrons. The van der Waals surface area contributed by atoms with Crippen LogP contribution in [0.5, 0.6) is 11.5 Å². The Kier molecular flexibility index (Phi) is 8.23. The van der Waals surface area contributed by atoms with Crippen molar-refractivity contribution in [1.29, 1.82) is 0 Å². The lowest BCUT2D eigenvalue weighted by Gasteiger charge is -2.24. The molecule has 1 aliphatic carbocycles. The molecule has 1 unspecified atom stereocenters. The lowest BCUT2D eigenvalue weighted by Crippen LogP contribution is -2.41. The molecule has 1 aliphatic heterocycles. The third-order valence-corrected chi connectivity index (χ3v) is 7.93. The summed E-state index contributed by atoms with van der Waals surface area (Å²) in [5, 5.41) is 10.7. The average Bonchev–Trinajstić information content (AvgIpc) is 3.63. The molecule has 0 spiro atoms. The second-order valence-corrected chi connectivity index (χ2v) is 11.0. The highest BCUT2D eigenvalue weighted by molar-refractivity contribution is 7.34. The number of halogens is 1. The van der Waals surface area contributed by atoms with Crippen LogP contribution in [0.4, 0.5) is 10.3 Å². The summed E-state index contributed by atoms with van der Waals surface area (Å²) in [4.78, 5) is 47.3. The van der Waals surface area contributed by atoms with Gasteiger partial charge >= 0.3 is 14.1 Å². The lowest BCUT2D eigenvalue weighted by molar-refractivity contribution is -0.170. The van der Waals surface area contributed by atoms with Crippen molar-refractivity contribution >= 4 is 31.2 Å². The summed E-state index contributed by atoms with van der Waals surface area (Å²) >= 11 is 0. The van der Waals surface area contributed by atoms with Gasteiger partial charge in [-0.25, -0.2) is 14.2 Å². The number of hydrogen-bond donors (Lipinski definition) is 3. The maximum Gasteiger partial charge on any atom is 0.395 e. The molecule has 1 aromatic carbocycles. The fourth-order valence-electron chi connectivity index (χ4n) is 4.85. The van der Waals surface area contributed by atoms with Gasteiger partial charge in [0.2, 0.25) is 11.7 Å².